The first-order chi connectivity index (χ1) is 21.1. The molecule has 2 aliphatic rings. The topological polar surface area (TPSA) is 189 Å². The molecule has 2 aromatic carbocycles. The quantitative estimate of drug-likeness (QED) is 0.215. The Morgan fingerprint density at radius 1 is 1.09 bits per heavy atom. The van der Waals surface area contributed by atoms with Gasteiger partial charge in [0.15, 0.2) is 0 Å². The number of amides is 5. The predicted molar refractivity (Wildman–Crippen MR) is 160 cm³/mol. The number of likely N-dealkylation sites (N-methyl/N-ethyl adjacent to an activating group) is 1. The highest BCUT2D eigenvalue weighted by atomic mass is 16.5. The van der Waals surface area contributed by atoms with Gasteiger partial charge in [-0.2, -0.15) is 0 Å². The average molecular weight is 607 g/mol. The Balaban J connectivity index is 1.87. The van der Waals surface area contributed by atoms with Crippen LogP contribution in [0.3, 0.4) is 0 Å². The van der Waals surface area contributed by atoms with E-state index in [0.29, 0.717) is 29.2 Å². The molecular weight excluding hydrogens is 568 g/mol. The van der Waals surface area contributed by atoms with Crippen molar-refractivity contribution in [1.29, 1.82) is 0 Å². The van der Waals surface area contributed by atoms with Gasteiger partial charge in [-0.05, 0) is 66.1 Å². The van der Waals surface area contributed by atoms with Crippen LogP contribution in [0, 0.1) is 0 Å². The van der Waals surface area contributed by atoms with Gasteiger partial charge in [-0.25, -0.2) is 0 Å². The number of benzene rings is 2. The molecule has 4 rings (SSSR count). The molecule has 44 heavy (non-hydrogen) atoms. The van der Waals surface area contributed by atoms with Crippen LogP contribution in [0.4, 0.5) is 0 Å². The molecule has 0 radical (unpaired) electrons. The molecule has 1 fully saturated rings. The Labute approximate surface area is 255 Å². The van der Waals surface area contributed by atoms with Gasteiger partial charge < -0.3 is 36.6 Å². The van der Waals surface area contributed by atoms with E-state index in [-0.39, 0.29) is 38.4 Å². The van der Waals surface area contributed by atoms with E-state index in [2.05, 4.69) is 21.3 Å². The number of carbonyl (C=O) groups is 6. The predicted octanol–water partition coefficient (Wildman–Crippen LogP) is -0.324. The van der Waals surface area contributed by atoms with Gasteiger partial charge in [-0.15, -0.1) is 0 Å². The summed E-state index contributed by atoms with van der Waals surface area (Å²) in [6, 6.07) is 8.87. The molecule has 0 saturated heterocycles. The lowest BCUT2D eigenvalue weighted by atomic mass is 9.89. The molecule has 1 aliphatic heterocycles. The zero-order valence-corrected chi connectivity index (χ0v) is 24.8. The smallest absolute Gasteiger partial charge is 0.247 e. The van der Waals surface area contributed by atoms with Gasteiger partial charge >= 0.3 is 0 Å². The maximum Gasteiger partial charge on any atom is 0.247 e. The Morgan fingerprint density at radius 3 is 2.55 bits per heavy atom. The Morgan fingerprint density at radius 2 is 1.86 bits per heavy atom. The van der Waals surface area contributed by atoms with Crippen molar-refractivity contribution in [2.75, 3.05) is 39.8 Å². The summed E-state index contributed by atoms with van der Waals surface area (Å²) < 4.78 is 6.03. The number of nitrogens with two attached hydrogens (primary N) is 1. The maximum atomic E-state index is 13.6. The number of carbonyl (C=O) groups excluding carboxylic acids is 6. The summed E-state index contributed by atoms with van der Waals surface area (Å²) in [6.07, 6.45) is 2.49. The van der Waals surface area contributed by atoms with Crippen molar-refractivity contribution in [1.82, 2.24) is 26.2 Å². The van der Waals surface area contributed by atoms with Crippen molar-refractivity contribution in [2.45, 2.75) is 44.2 Å². The van der Waals surface area contributed by atoms with Crippen LogP contribution in [0.15, 0.2) is 36.4 Å². The molecular formula is C31H38N6O7. The number of fused-ring (bicyclic) bond motifs is 5. The van der Waals surface area contributed by atoms with E-state index >= 15 is 0 Å². The number of ketones is 1. The number of nitrogens with one attached hydrogen (secondary N) is 4. The van der Waals surface area contributed by atoms with E-state index < -0.39 is 42.3 Å². The lowest BCUT2D eigenvalue weighted by Crippen LogP contribution is -2.52. The van der Waals surface area contributed by atoms with Gasteiger partial charge in [0.05, 0.1) is 19.6 Å². The molecule has 6 N–H and O–H groups in total. The van der Waals surface area contributed by atoms with Crippen molar-refractivity contribution in [3.63, 3.8) is 0 Å². The van der Waals surface area contributed by atoms with Crippen LogP contribution < -0.4 is 31.7 Å². The molecule has 2 atom stereocenters. The number of ether oxygens (including phenoxy) is 1. The van der Waals surface area contributed by atoms with E-state index in [1.54, 1.807) is 18.2 Å². The molecule has 5 amide bonds. The second kappa shape index (κ2) is 14.6. The van der Waals surface area contributed by atoms with Crippen LogP contribution in [0.25, 0.3) is 11.1 Å². The maximum absolute atomic E-state index is 13.6. The fourth-order valence-electron chi connectivity index (χ4n) is 5.17. The molecule has 1 aliphatic carbocycles. The minimum absolute atomic E-state index is 0.107. The summed E-state index contributed by atoms with van der Waals surface area (Å²) in [5.74, 6) is -1.74. The van der Waals surface area contributed by atoms with Gasteiger partial charge in [0.25, 0.3) is 0 Å². The fraction of sp³-hybridized carbons (Fsp3) is 0.419. The van der Waals surface area contributed by atoms with Crippen LogP contribution >= 0.6 is 0 Å². The molecule has 2 aromatic rings. The van der Waals surface area contributed by atoms with Crippen LogP contribution in [-0.2, 0) is 35.2 Å². The molecule has 0 spiro atoms. The first kappa shape index (κ1) is 32.1. The normalized spacial score (nSPS) is 18.2. The number of rotatable bonds is 11. The standard InChI is InChI=1S/C31H38N6O7/c1-18(39)14-34-30(42)25-12-19-3-8-26(44-10-9-32)24(11-19)23-13-21(6-7-22(23)20-4-5-20)29(31(43)35-15-27(40)36-25)37(2)28(41)16-33-17-38/h3,6-8,11,13,17,20,25,29H,4-5,9-10,12,14-16,32H2,1-2H3,(H,33,38)(H,34,42)(H,35,43)(H,36,40). The first-order valence-electron chi connectivity index (χ1n) is 14.5. The molecule has 0 aromatic heterocycles. The highest BCUT2D eigenvalue weighted by Crippen LogP contribution is 2.47. The zero-order valence-electron chi connectivity index (χ0n) is 24.8. The number of hydrogen-bond acceptors (Lipinski definition) is 8. The van der Waals surface area contributed by atoms with E-state index in [4.69, 9.17) is 10.5 Å². The summed E-state index contributed by atoms with van der Waals surface area (Å²) in [4.78, 5) is 76.2. The van der Waals surface area contributed by atoms with E-state index in [1.165, 1.54) is 18.9 Å². The SMILES string of the molecule is CC(=O)CNC(=O)C1Cc2ccc(OCCN)c(c2)-c2cc(ccc2C2CC2)C(N(C)C(=O)CNC=O)C(=O)NCC(=O)N1. The van der Waals surface area contributed by atoms with Crippen LogP contribution in [0.2, 0.25) is 0 Å². The van der Waals surface area contributed by atoms with Crippen LogP contribution in [-0.4, -0.2) is 86.6 Å². The van der Waals surface area contributed by atoms with E-state index in [1.807, 2.05) is 18.2 Å². The third-order valence-corrected chi connectivity index (χ3v) is 7.51. The monoisotopic (exact) mass is 606 g/mol. The van der Waals surface area contributed by atoms with Gasteiger partial charge in [-0.3, -0.25) is 28.8 Å². The molecule has 1 saturated carbocycles. The largest absolute Gasteiger partial charge is 0.492 e. The molecule has 2 unspecified atom stereocenters. The van der Waals surface area contributed by atoms with Gasteiger partial charge in [0.2, 0.25) is 30.0 Å². The molecule has 13 heteroatoms. The van der Waals surface area contributed by atoms with Gasteiger partial charge in [0, 0.05) is 25.6 Å². The average Bonchev–Trinajstić information content (AvgIpc) is 3.85. The highest BCUT2D eigenvalue weighted by Gasteiger charge is 2.33. The number of nitrogens with zero attached hydrogens (tertiary/aromatic N) is 1. The molecule has 13 nitrogen and oxygen atoms in total. The molecule has 1 heterocycles. The van der Waals surface area contributed by atoms with Crippen molar-refractivity contribution in [2.24, 2.45) is 5.73 Å². The van der Waals surface area contributed by atoms with Crippen LogP contribution in [0.1, 0.15) is 48.4 Å². The Kier molecular flexibility index (Phi) is 10.7. The fourth-order valence-corrected chi connectivity index (χ4v) is 5.17. The third-order valence-electron chi connectivity index (χ3n) is 7.51. The summed E-state index contributed by atoms with van der Waals surface area (Å²) in [6.45, 7) is 0.886. The number of hydrogen-bond donors (Lipinski definition) is 5. The summed E-state index contributed by atoms with van der Waals surface area (Å²) in [5.41, 5.74) is 9.53. The molecule has 234 valence electrons. The second-order valence-electron chi connectivity index (χ2n) is 11.0. The van der Waals surface area contributed by atoms with Crippen LogP contribution in [0.5, 0.6) is 5.75 Å². The lowest BCUT2D eigenvalue weighted by molar-refractivity contribution is -0.139. The highest BCUT2D eigenvalue weighted by molar-refractivity contribution is 5.94. The minimum Gasteiger partial charge on any atom is -0.492 e. The van der Waals surface area contributed by atoms with Gasteiger partial charge in [0.1, 0.15) is 30.2 Å². The Hall–Kier alpha value is -4.78. The lowest BCUT2D eigenvalue weighted by Gasteiger charge is -2.29. The van der Waals surface area contributed by atoms with Crippen molar-refractivity contribution < 1.29 is 33.5 Å². The minimum atomic E-state index is -1.15. The van der Waals surface area contributed by atoms with E-state index in [9.17, 15) is 28.8 Å². The van der Waals surface area contributed by atoms with E-state index in [0.717, 1.165) is 29.5 Å². The number of Topliss-reactive ketones (excluding diaryl/α,β-unsaturated/α-hetero) is 1. The summed E-state index contributed by atoms with van der Waals surface area (Å²) in [7, 11) is 1.45. The molecule has 4 bridgehead atoms. The van der Waals surface area contributed by atoms with Gasteiger partial charge in [-0.1, -0.05) is 18.2 Å². The zero-order chi connectivity index (χ0) is 31.8. The second-order valence-corrected chi connectivity index (χ2v) is 11.0. The first-order valence-corrected chi connectivity index (χ1v) is 14.5. The summed E-state index contributed by atoms with van der Waals surface area (Å²) in [5, 5.41) is 10.1. The Bertz CT molecular complexity index is 1440. The van der Waals surface area contributed by atoms with Crippen molar-refractivity contribution >= 4 is 35.8 Å². The third kappa shape index (κ3) is 7.98. The van der Waals surface area contributed by atoms with Crippen molar-refractivity contribution in [3.05, 3.63) is 53.1 Å². The van der Waals surface area contributed by atoms with Crippen molar-refractivity contribution in [3.8, 4) is 16.9 Å². The summed E-state index contributed by atoms with van der Waals surface area (Å²) >= 11 is 0.